The molecule has 4 heteroatoms. The summed E-state index contributed by atoms with van der Waals surface area (Å²) in [6, 6.07) is 4.84. The van der Waals surface area contributed by atoms with Gasteiger partial charge < -0.3 is 5.73 Å². The summed E-state index contributed by atoms with van der Waals surface area (Å²) in [5, 5.41) is 0.508. The largest absolute Gasteiger partial charge is 0.330 e. The lowest BCUT2D eigenvalue weighted by Gasteiger charge is -2.25. The SMILES string of the molecule is CC(c1ccc(F)cc1Cl)N1CCC(CN)C1. The second kappa shape index (κ2) is 5.34. The third-order valence-electron chi connectivity index (χ3n) is 3.61. The molecule has 1 aromatic carbocycles. The van der Waals surface area contributed by atoms with E-state index in [1.165, 1.54) is 12.1 Å². The molecule has 0 radical (unpaired) electrons. The van der Waals surface area contributed by atoms with Gasteiger partial charge in [-0.15, -0.1) is 0 Å². The van der Waals surface area contributed by atoms with Crippen molar-refractivity contribution in [2.45, 2.75) is 19.4 Å². The van der Waals surface area contributed by atoms with Gasteiger partial charge in [0.2, 0.25) is 0 Å². The fourth-order valence-electron chi connectivity index (χ4n) is 2.44. The first-order valence-electron chi connectivity index (χ1n) is 6.01. The molecule has 1 fully saturated rings. The number of halogens is 2. The smallest absolute Gasteiger partial charge is 0.124 e. The number of nitrogens with two attached hydrogens (primary N) is 1. The molecular weight excluding hydrogens is 239 g/mol. The highest BCUT2D eigenvalue weighted by Gasteiger charge is 2.26. The molecule has 0 spiro atoms. The lowest BCUT2D eigenvalue weighted by atomic mass is 10.1. The van der Waals surface area contributed by atoms with Crippen molar-refractivity contribution in [2.24, 2.45) is 11.7 Å². The number of hydrogen-bond donors (Lipinski definition) is 1. The van der Waals surface area contributed by atoms with Crippen LogP contribution in [-0.2, 0) is 0 Å². The minimum Gasteiger partial charge on any atom is -0.330 e. The molecular formula is C13H18ClFN2. The second-order valence-corrected chi connectivity index (χ2v) is 5.13. The topological polar surface area (TPSA) is 29.3 Å². The molecule has 1 aliphatic heterocycles. The highest BCUT2D eigenvalue weighted by molar-refractivity contribution is 6.31. The zero-order valence-corrected chi connectivity index (χ0v) is 10.8. The Labute approximate surface area is 107 Å². The van der Waals surface area contributed by atoms with Crippen LogP contribution < -0.4 is 5.73 Å². The van der Waals surface area contributed by atoms with Crippen LogP contribution in [0.15, 0.2) is 18.2 Å². The summed E-state index contributed by atoms with van der Waals surface area (Å²) in [5.74, 6) is 0.295. The fraction of sp³-hybridized carbons (Fsp3) is 0.538. The summed E-state index contributed by atoms with van der Waals surface area (Å²) in [5.41, 5.74) is 6.67. The minimum atomic E-state index is -0.285. The molecule has 0 saturated carbocycles. The molecule has 1 saturated heterocycles. The predicted molar refractivity (Wildman–Crippen MR) is 68.6 cm³/mol. The summed E-state index contributed by atoms with van der Waals surface area (Å²) in [4.78, 5) is 2.36. The van der Waals surface area contributed by atoms with E-state index in [9.17, 15) is 4.39 Å². The Morgan fingerprint density at radius 1 is 1.59 bits per heavy atom. The normalized spacial score (nSPS) is 22.9. The molecule has 0 bridgehead atoms. The van der Waals surface area contributed by atoms with Gasteiger partial charge in [-0.1, -0.05) is 17.7 Å². The van der Waals surface area contributed by atoms with Crippen molar-refractivity contribution in [1.29, 1.82) is 0 Å². The molecule has 0 aliphatic carbocycles. The average molecular weight is 257 g/mol. The van der Waals surface area contributed by atoms with E-state index < -0.39 is 0 Å². The molecule has 0 amide bonds. The van der Waals surface area contributed by atoms with E-state index in [4.69, 9.17) is 17.3 Å². The van der Waals surface area contributed by atoms with E-state index >= 15 is 0 Å². The van der Waals surface area contributed by atoms with Gasteiger partial charge in [-0.2, -0.15) is 0 Å². The molecule has 2 nitrogen and oxygen atoms in total. The molecule has 94 valence electrons. The average Bonchev–Trinajstić information content (AvgIpc) is 2.76. The highest BCUT2D eigenvalue weighted by atomic mass is 35.5. The van der Waals surface area contributed by atoms with Gasteiger partial charge >= 0.3 is 0 Å². The molecule has 2 unspecified atom stereocenters. The number of nitrogens with zero attached hydrogens (tertiary/aromatic N) is 1. The lowest BCUT2D eigenvalue weighted by molar-refractivity contribution is 0.253. The van der Waals surface area contributed by atoms with Gasteiger partial charge in [0.05, 0.1) is 0 Å². The Balaban J connectivity index is 2.12. The Morgan fingerprint density at radius 3 is 2.94 bits per heavy atom. The maximum Gasteiger partial charge on any atom is 0.124 e. The van der Waals surface area contributed by atoms with E-state index in [1.807, 2.05) is 0 Å². The van der Waals surface area contributed by atoms with Gasteiger partial charge in [0.1, 0.15) is 5.82 Å². The number of likely N-dealkylation sites (tertiary alicyclic amines) is 1. The van der Waals surface area contributed by atoms with Crippen LogP contribution in [0.1, 0.15) is 24.9 Å². The van der Waals surface area contributed by atoms with Crippen LogP contribution in [0.4, 0.5) is 4.39 Å². The van der Waals surface area contributed by atoms with E-state index in [1.54, 1.807) is 6.07 Å². The first-order valence-corrected chi connectivity index (χ1v) is 6.38. The van der Waals surface area contributed by atoms with Crippen LogP contribution >= 0.6 is 11.6 Å². The van der Waals surface area contributed by atoms with E-state index in [0.29, 0.717) is 10.9 Å². The van der Waals surface area contributed by atoms with Crippen LogP contribution in [0.5, 0.6) is 0 Å². The summed E-state index contributed by atoms with van der Waals surface area (Å²) < 4.78 is 13.0. The molecule has 1 aromatic rings. The molecule has 17 heavy (non-hydrogen) atoms. The first-order chi connectivity index (χ1) is 8.11. The Bertz CT molecular complexity index is 397. The van der Waals surface area contributed by atoms with Gasteiger partial charge in [0, 0.05) is 17.6 Å². The van der Waals surface area contributed by atoms with Crippen molar-refractivity contribution in [2.75, 3.05) is 19.6 Å². The zero-order valence-electron chi connectivity index (χ0n) is 10.00. The van der Waals surface area contributed by atoms with Crippen LogP contribution in [0.3, 0.4) is 0 Å². The van der Waals surface area contributed by atoms with E-state index in [0.717, 1.165) is 31.6 Å². The maximum atomic E-state index is 13.0. The predicted octanol–water partition coefficient (Wildman–Crippen LogP) is 2.82. The van der Waals surface area contributed by atoms with Crippen LogP contribution in [-0.4, -0.2) is 24.5 Å². The summed E-state index contributed by atoms with van der Waals surface area (Å²) >= 11 is 6.08. The van der Waals surface area contributed by atoms with Crippen LogP contribution in [0, 0.1) is 11.7 Å². The first kappa shape index (κ1) is 12.8. The fourth-order valence-corrected chi connectivity index (χ4v) is 2.77. The van der Waals surface area contributed by atoms with Crippen LogP contribution in [0.2, 0.25) is 5.02 Å². The maximum absolute atomic E-state index is 13.0. The van der Waals surface area contributed by atoms with Gasteiger partial charge in [-0.05, 0) is 50.0 Å². The Kier molecular flexibility index (Phi) is 4.02. The third-order valence-corrected chi connectivity index (χ3v) is 3.94. The number of benzene rings is 1. The van der Waals surface area contributed by atoms with Crippen LogP contribution in [0.25, 0.3) is 0 Å². The summed E-state index contributed by atoms with van der Waals surface area (Å²) in [6.45, 7) is 4.89. The van der Waals surface area contributed by atoms with Crippen molar-refractivity contribution in [3.63, 3.8) is 0 Å². The van der Waals surface area contributed by atoms with Gasteiger partial charge in [0.25, 0.3) is 0 Å². The molecule has 1 aliphatic rings. The van der Waals surface area contributed by atoms with Gasteiger partial charge in [-0.25, -0.2) is 4.39 Å². The minimum absolute atomic E-state index is 0.222. The molecule has 1 heterocycles. The van der Waals surface area contributed by atoms with Crippen molar-refractivity contribution < 1.29 is 4.39 Å². The lowest BCUT2D eigenvalue weighted by Crippen LogP contribution is -2.26. The number of hydrogen-bond acceptors (Lipinski definition) is 2. The highest BCUT2D eigenvalue weighted by Crippen LogP contribution is 2.31. The van der Waals surface area contributed by atoms with Gasteiger partial charge in [0.15, 0.2) is 0 Å². The third kappa shape index (κ3) is 2.79. The number of rotatable bonds is 3. The zero-order chi connectivity index (χ0) is 12.4. The molecule has 2 atom stereocenters. The summed E-state index contributed by atoms with van der Waals surface area (Å²) in [7, 11) is 0. The summed E-state index contributed by atoms with van der Waals surface area (Å²) in [6.07, 6.45) is 1.14. The Hall–Kier alpha value is -0.640. The van der Waals surface area contributed by atoms with Gasteiger partial charge in [-0.3, -0.25) is 4.90 Å². The molecule has 2 N–H and O–H groups in total. The molecule has 2 rings (SSSR count). The second-order valence-electron chi connectivity index (χ2n) is 4.73. The van der Waals surface area contributed by atoms with Crippen molar-refractivity contribution in [3.05, 3.63) is 34.6 Å². The quantitative estimate of drug-likeness (QED) is 0.901. The van der Waals surface area contributed by atoms with E-state index in [-0.39, 0.29) is 11.9 Å². The monoisotopic (exact) mass is 256 g/mol. The standard InChI is InChI=1S/C13H18ClFN2/c1-9(17-5-4-10(7-16)8-17)12-3-2-11(15)6-13(12)14/h2-3,6,9-10H,4-5,7-8,16H2,1H3. The molecule has 0 aromatic heterocycles. The van der Waals surface area contributed by atoms with Crippen molar-refractivity contribution in [3.8, 4) is 0 Å². The van der Waals surface area contributed by atoms with Crippen molar-refractivity contribution >= 4 is 11.6 Å². The Morgan fingerprint density at radius 2 is 2.35 bits per heavy atom. The van der Waals surface area contributed by atoms with E-state index in [2.05, 4.69) is 11.8 Å². The van der Waals surface area contributed by atoms with Crippen molar-refractivity contribution in [1.82, 2.24) is 4.90 Å².